The summed E-state index contributed by atoms with van der Waals surface area (Å²) in [5.74, 6) is -0.0247. The van der Waals surface area contributed by atoms with Crippen molar-refractivity contribution in [3.05, 3.63) is 48.6 Å². The van der Waals surface area contributed by atoms with Crippen molar-refractivity contribution in [1.82, 2.24) is 5.32 Å². The summed E-state index contributed by atoms with van der Waals surface area (Å²) in [6.45, 7) is 4.28. The van der Waals surface area contributed by atoms with Crippen molar-refractivity contribution >= 4 is 5.91 Å². The number of nitrogens with one attached hydrogen (secondary N) is 1. The lowest BCUT2D eigenvalue weighted by Gasteiger charge is -2.22. The van der Waals surface area contributed by atoms with Crippen molar-refractivity contribution in [3.8, 4) is 0 Å². The molecule has 0 aromatic rings. The first-order chi connectivity index (χ1) is 33.7. The molecule has 3 N–H and O–H groups in total. The number of carbonyl (C=O) groups is 1. The molecule has 2 unspecified atom stereocenters. The van der Waals surface area contributed by atoms with Crippen molar-refractivity contribution in [2.45, 2.75) is 347 Å². The van der Waals surface area contributed by atoms with Gasteiger partial charge in [-0.3, -0.25) is 4.79 Å². The first kappa shape index (κ1) is 66.3. The van der Waals surface area contributed by atoms with Crippen molar-refractivity contribution in [2.75, 3.05) is 6.61 Å². The molecule has 400 valence electrons. The topological polar surface area (TPSA) is 69.6 Å². The predicted molar refractivity (Wildman–Crippen MR) is 304 cm³/mol. The van der Waals surface area contributed by atoms with Gasteiger partial charge in [-0.2, -0.15) is 0 Å². The Balaban J connectivity index is 3.40. The van der Waals surface area contributed by atoms with E-state index >= 15 is 0 Å². The van der Waals surface area contributed by atoms with Crippen LogP contribution in [0.4, 0.5) is 0 Å². The molecule has 0 spiro atoms. The minimum atomic E-state index is -0.659. The van der Waals surface area contributed by atoms with Crippen molar-refractivity contribution < 1.29 is 15.0 Å². The zero-order valence-corrected chi connectivity index (χ0v) is 46.1. The van der Waals surface area contributed by atoms with Gasteiger partial charge in [-0.25, -0.2) is 0 Å². The Labute approximate surface area is 426 Å². The molecule has 0 aliphatic heterocycles. The average Bonchev–Trinajstić information content (AvgIpc) is 3.34. The van der Waals surface area contributed by atoms with Gasteiger partial charge in [0.25, 0.3) is 0 Å². The van der Waals surface area contributed by atoms with Crippen molar-refractivity contribution in [3.63, 3.8) is 0 Å². The Bertz CT molecular complexity index is 1080. The standard InChI is InChI=1S/C64H121NO3/c1-3-5-7-9-11-13-15-17-19-21-23-25-26-27-28-29-30-31-32-33-34-35-36-37-38-40-42-44-46-48-50-52-54-56-58-60-64(68)65-62(61-66)63(67)59-57-55-53-51-49-47-45-43-41-39-24-22-20-18-16-14-12-10-8-6-4-2/h5,7,11,13,17,19,23,25,62-63,66-67H,3-4,6,8-10,12,14-16,18,20-22,24,26-61H2,1-2H3,(H,65,68)/b7-5-,13-11-,19-17-,25-23-. The van der Waals surface area contributed by atoms with Gasteiger partial charge >= 0.3 is 0 Å². The summed E-state index contributed by atoms with van der Waals surface area (Å²) < 4.78 is 0. The number of carbonyl (C=O) groups excluding carboxylic acids is 1. The molecule has 0 aliphatic rings. The molecule has 0 aliphatic carbocycles. The van der Waals surface area contributed by atoms with Crippen molar-refractivity contribution in [1.29, 1.82) is 0 Å². The molecule has 4 heteroatoms. The normalized spacial score (nSPS) is 13.1. The first-order valence-electron chi connectivity index (χ1n) is 30.8. The third-order valence-electron chi connectivity index (χ3n) is 14.4. The van der Waals surface area contributed by atoms with Gasteiger partial charge in [0.1, 0.15) is 0 Å². The SMILES string of the molecule is CC/C=C\C/C=C\C/C=C\C/C=C\CCCCCCCCCCCCCCCCCCCCCCCCC(=O)NC(CO)C(O)CCCCCCCCCCCCCCCCCCCCCCC. The second-order valence-electron chi connectivity index (χ2n) is 21.1. The fourth-order valence-corrected chi connectivity index (χ4v) is 9.71. The molecule has 0 rings (SSSR count). The number of allylic oxidation sites excluding steroid dienone is 8. The maximum Gasteiger partial charge on any atom is 0.220 e. The highest BCUT2D eigenvalue weighted by atomic mass is 16.3. The van der Waals surface area contributed by atoms with E-state index in [2.05, 4.69) is 67.8 Å². The summed E-state index contributed by atoms with van der Waals surface area (Å²) in [6, 6.07) is -0.536. The summed E-state index contributed by atoms with van der Waals surface area (Å²) in [5, 5.41) is 23.4. The molecule has 0 bridgehead atoms. The smallest absolute Gasteiger partial charge is 0.220 e. The van der Waals surface area contributed by atoms with E-state index in [0.717, 1.165) is 51.4 Å². The molecule has 4 nitrogen and oxygen atoms in total. The summed E-state index contributed by atoms with van der Waals surface area (Å²) in [7, 11) is 0. The molecular formula is C64H121NO3. The van der Waals surface area contributed by atoms with Crippen LogP contribution in [-0.4, -0.2) is 34.9 Å². The van der Waals surface area contributed by atoms with E-state index in [9.17, 15) is 15.0 Å². The van der Waals surface area contributed by atoms with Crippen LogP contribution in [0.15, 0.2) is 48.6 Å². The molecule has 0 saturated carbocycles. The summed E-state index contributed by atoms with van der Waals surface area (Å²) >= 11 is 0. The van der Waals surface area contributed by atoms with Crippen LogP contribution in [0.1, 0.15) is 335 Å². The van der Waals surface area contributed by atoms with E-state index in [-0.39, 0.29) is 12.5 Å². The monoisotopic (exact) mass is 952 g/mol. The van der Waals surface area contributed by atoms with Gasteiger partial charge in [0, 0.05) is 6.42 Å². The van der Waals surface area contributed by atoms with Crippen LogP contribution in [0.25, 0.3) is 0 Å². The second-order valence-corrected chi connectivity index (χ2v) is 21.1. The zero-order valence-electron chi connectivity index (χ0n) is 46.1. The zero-order chi connectivity index (χ0) is 49.2. The van der Waals surface area contributed by atoms with Crippen molar-refractivity contribution in [2.24, 2.45) is 0 Å². The molecule has 0 aromatic carbocycles. The molecule has 68 heavy (non-hydrogen) atoms. The Morgan fingerprint density at radius 3 is 0.971 bits per heavy atom. The van der Waals surface area contributed by atoms with Gasteiger partial charge in [-0.1, -0.05) is 326 Å². The number of unbranched alkanes of at least 4 members (excludes halogenated alkanes) is 42. The number of aliphatic hydroxyl groups excluding tert-OH is 2. The number of amides is 1. The minimum Gasteiger partial charge on any atom is -0.394 e. The molecule has 1 amide bonds. The van der Waals surface area contributed by atoms with Crippen LogP contribution in [0.3, 0.4) is 0 Å². The number of hydrogen-bond acceptors (Lipinski definition) is 3. The number of aliphatic hydroxyl groups is 2. The Morgan fingerprint density at radius 2 is 0.647 bits per heavy atom. The lowest BCUT2D eigenvalue weighted by Crippen LogP contribution is -2.45. The van der Waals surface area contributed by atoms with E-state index in [4.69, 9.17) is 0 Å². The Kier molecular flexibility index (Phi) is 58.2. The van der Waals surface area contributed by atoms with Gasteiger partial charge in [-0.15, -0.1) is 0 Å². The third-order valence-corrected chi connectivity index (χ3v) is 14.4. The fraction of sp³-hybridized carbons (Fsp3) is 0.859. The maximum absolute atomic E-state index is 12.5. The largest absolute Gasteiger partial charge is 0.394 e. The quantitative estimate of drug-likeness (QED) is 0.0420. The van der Waals surface area contributed by atoms with E-state index < -0.39 is 12.1 Å². The summed E-state index contributed by atoms with van der Waals surface area (Å²) in [4.78, 5) is 12.5. The molecule has 0 saturated heterocycles. The third kappa shape index (κ3) is 55.3. The van der Waals surface area contributed by atoms with Crippen LogP contribution < -0.4 is 5.32 Å². The fourth-order valence-electron chi connectivity index (χ4n) is 9.71. The van der Waals surface area contributed by atoms with Crippen LogP contribution in [-0.2, 0) is 4.79 Å². The van der Waals surface area contributed by atoms with Crippen LogP contribution in [0, 0.1) is 0 Å². The highest BCUT2D eigenvalue weighted by Gasteiger charge is 2.20. The molecule has 0 aromatic heterocycles. The highest BCUT2D eigenvalue weighted by molar-refractivity contribution is 5.76. The number of rotatable bonds is 57. The summed E-state index contributed by atoms with van der Waals surface area (Å²) in [5.41, 5.74) is 0. The first-order valence-corrected chi connectivity index (χ1v) is 30.8. The lowest BCUT2D eigenvalue weighted by atomic mass is 10.0. The molecular weight excluding hydrogens is 831 g/mol. The molecule has 0 heterocycles. The van der Waals surface area contributed by atoms with Gasteiger partial charge in [0.15, 0.2) is 0 Å². The molecule has 0 fully saturated rings. The second kappa shape index (κ2) is 59.7. The minimum absolute atomic E-state index is 0.0247. The van der Waals surface area contributed by atoms with Crippen LogP contribution in [0.5, 0.6) is 0 Å². The predicted octanol–water partition coefficient (Wildman–Crippen LogP) is 20.6. The van der Waals surface area contributed by atoms with Crippen LogP contribution in [0.2, 0.25) is 0 Å². The van der Waals surface area contributed by atoms with E-state index in [1.807, 2.05) is 0 Å². The Hall–Kier alpha value is -1.65. The van der Waals surface area contributed by atoms with Gasteiger partial charge in [0.2, 0.25) is 5.91 Å². The van der Waals surface area contributed by atoms with Gasteiger partial charge < -0.3 is 15.5 Å². The van der Waals surface area contributed by atoms with Crippen LogP contribution >= 0.6 is 0 Å². The molecule has 2 atom stereocenters. The Morgan fingerprint density at radius 1 is 0.368 bits per heavy atom. The maximum atomic E-state index is 12.5. The van der Waals surface area contributed by atoms with E-state index in [1.165, 1.54) is 257 Å². The number of hydrogen-bond donors (Lipinski definition) is 3. The molecule has 0 radical (unpaired) electrons. The van der Waals surface area contributed by atoms with E-state index in [1.54, 1.807) is 0 Å². The summed E-state index contributed by atoms with van der Waals surface area (Å²) in [6.07, 6.45) is 82.7. The van der Waals surface area contributed by atoms with Gasteiger partial charge in [0.05, 0.1) is 18.8 Å². The lowest BCUT2D eigenvalue weighted by molar-refractivity contribution is -0.123. The van der Waals surface area contributed by atoms with E-state index in [0.29, 0.717) is 12.8 Å². The van der Waals surface area contributed by atoms with Gasteiger partial charge in [-0.05, 0) is 51.4 Å². The average molecular weight is 953 g/mol. The highest BCUT2D eigenvalue weighted by Crippen LogP contribution is 2.18.